The molecule has 0 bridgehead atoms. The van der Waals surface area contributed by atoms with E-state index in [1.54, 1.807) is 0 Å². The Morgan fingerprint density at radius 3 is 2.54 bits per heavy atom. The number of hydrogen-bond donors (Lipinski definition) is 2. The first-order valence-electron chi connectivity index (χ1n) is 4.68. The highest BCUT2D eigenvalue weighted by atomic mass is 16.3. The van der Waals surface area contributed by atoms with Gasteiger partial charge in [0.2, 0.25) is 0 Å². The van der Waals surface area contributed by atoms with Gasteiger partial charge in [0.1, 0.15) is 0 Å². The fourth-order valence-electron chi connectivity index (χ4n) is 1.97. The molecule has 1 aliphatic carbocycles. The molecule has 1 aliphatic rings. The van der Waals surface area contributed by atoms with Crippen molar-refractivity contribution < 1.29 is 5.11 Å². The van der Waals surface area contributed by atoms with Crippen LogP contribution in [-0.2, 0) is 0 Å². The Kier molecular flexibility index (Phi) is 2.10. The predicted octanol–water partition coefficient (Wildman–Crippen LogP) is 1.11. The lowest BCUT2D eigenvalue weighted by molar-refractivity contribution is 0.211. The minimum absolute atomic E-state index is 0.0125. The van der Waals surface area contributed by atoms with E-state index >= 15 is 0 Å². The van der Waals surface area contributed by atoms with E-state index in [4.69, 9.17) is 5.73 Å². The fourth-order valence-corrected chi connectivity index (χ4v) is 1.97. The first-order chi connectivity index (χ1) is 6.32. The zero-order chi connectivity index (χ0) is 9.31. The zero-order valence-corrected chi connectivity index (χ0v) is 7.61. The molecule has 2 rings (SSSR count). The van der Waals surface area contributed by atoms with E-state index in [0.717, 1.165) is 6.42 Å². The topological polar surface area (TPSA) is 46.2 Å². The van der Waals surface area contributed by atoms with E-state index in [9.17, 15) is 5.11 Å². The molecule has 70 valence electrons. The molecule has 1 fully saturated rings. The highest BCUT2D eigenvalue weighted by molar-refractivity contribution is 5.30. The minimum atomic E-state index is -0.0125. The first-order valence-corrected chi connectivity index (χ1v) is 4.68. The molecule has 0 aliphatic heterocycles. The Bertz CT molecular complexity index is 279. The van der Waals surface area contributed by atoms with Crippen molar-refractivity contribution in [1.29, 1.82) is 0 Å². The van der Waals surface area contributed by atoms with Crippen LogP contribution in [0.3, 0.4) is 0 Å². The Balaban J connectivity index is 2.15. The number of benzene rings is 1. The van der Waals surface area contributed by atoms with Crippen molar-refractivity contribution >= 4 is 0 Å². The van der Waals surface area contributed by atoms with Gasteiger partial charge in [-0.1, -0.05) is 30.3 Å². The molecule has 3 N–H and O–H groups in total. The summed E-state index contributed by atoms with van der Waals surface area (Å²) in [4.78, 5) is 0. The summed E-state index contributed by atoms with van der Waals surface area (Å²) in [6.07, 6.45) is 1.03. The number of nitrogens with two attached hydrogens (primary N) is 1. The first kappa shape index (κ1) is 8.73. The molecule has 0 spiro atoms. The Morgan fingerprint density at radius 1 is 1.38 bits per heavy atom. The molecule has 0 aromatic heterocycles. The van der Waals surface area contributed by atoms with E-state index in [1.165, 1.54) is 5.56 Å². The standard InChI is InChI=1S/C11H15NO/c12-7-11(8-13)6-10(11)9-4-2-1-3-5-9/h1-5,10,13H,6-8,12H2. The number of hydrogen-bond acceptors (Lipinski definition) is 2. The molecule has 1 saturated carbocycles. The van der Waals surface area contributed by atoms with Gasteiger partial charge in [-0.3, -0.25) is 0 Å². The molecule has 2 nitrogen and oxygen atoms in total. The molecule has 1 aromatic carbocycles. The maximum atomic E-state index is 9.21. The third-order valence-corrected chi connectivity index (χ3v) is 3.11. The second-order valence-corrected chi connectivity index (χ2v) is 3.89. The van der Waals surface area contributed by atoms with E-state index in [-0.39, 0.29) is 12.0 Å². The highest BCUT2D eigenvalue weighted by Gasteiger charge is 2.53. The maximum absolute atomic E-state index is 9.21. The summed E-state index contributed by atoms with van der Waals surface area (Å²) in [5.41, 5.74) is 6.94. The summed E-state index contributed by atoms with van der Waals surface area (Å²) in [7, 11) is 0. The summed E-state index contributed by atoms with van der Waals surface area (Å²) in [6.45, 7) is 0.798. The van der Waals surface area contributed by atoms with Crippen LogP contribution in [0, 0.1) is 5.41 Å². The number of rotatable bonds is 3. The normalized spacial score (nSPS) is 31.7. The van der Waals surface area contributed by atoms with Gasteiger partial charge in [-0.05, 0) is 17.9 Å². The Hall–Kier alpha value is -0.860. The SMILES string of the molecule is NCC1(CO)CC1c1ccccc1. The molecule has 2 heteroatoms. The molecule has 13 heavy (non-hydrogen) atoms. The number of aliphatic hydroxyl groups excluding tert-OH is 1. The lowest BCUT2D eigenvalue weighted by Gasteiger charge is -2.10. The van der Waals surface area contributed by atoms with Crippen LogP contribution >= 0.6 is 0 Å². The molecule has 0 heterocycles. The third-order valence-electron chi connectivity index (χ3n) is 3.11. The van der Waals surface area contributed by atoms with Gasteiger partial charge < -0.3 is 10.8 Å². The van der Waals surface area contributed by atoms with E-state index in [0.29, 0.717) is 12.5 Å². The molecule has 0 amide bonds. The van der Waals surface area contributed by atoms with Crippen LogP contribution in [0.25, 0.3) is 0 Å². The summed E-state index contributed by atoms with van der Waals surface area (Å²) >= 11 is 0. The summed E-state index contributed by atoms with van der Waals surface area (Å²) in [6, 6.07) is 10.3. The van der Waals surface area contributed by atoms with Crippen LogP contribution in [-0.4, -0.2) is 18.3 Å². The molecule has 2 unspecified atom stereocenters. The average molecular weight is 177 g/mol. The van der Waals surface area contributed by atoms with Crippen molar-refractivity contribution in [1.82, 2.24) is 0 Å². The van der Waals surface area contributed by atoms with Crippen LogP contribution in [0.2, 0.25) is 0 Å². The van der Waals surface area contributed by atoms with Crippen molar-refractivity contribution in [3.63, 3.8) is 0 Å². The summed E-state index contributed by atoms with van der Waals surface area (Å²) in [5, 5.41) is 9.21. The van der Waals surface area contributed by atoms with Crippen LogP contribution in [0.15, 0.2) is 30.3 Å². The number of aliphatic hydroxyl groups is 1. The predicted molar refractivity (Wildman–Crippen MR) is 52.4 cm³/mol. The zero-order valence-electron chi connectivity index (χ0n) is 7.61. The monoisotopic (exact) mass is 177 g/mol. The van der Waals surface area contributed by atoms with E-state index < -0.39 is 0 Å². The van der Waals surface area contributed by atoms with Crippen molar-refractivity contribution in [2.75, 3.05) is 13.2 Å². The molecular weight excluding hydrogens is 162 g/mol. The molecular formula is C11H15NO. The van der Waals surface area contributed by atoms with Gasteiger partial charge in [0.25, 0.3) is 0 Å². The average Bonchev–Trinajstić information content (AvgIpc) is 2.95. The van der Waals surface area contributed by atoms with Crippen LogP contribution in [0.5, 0.6) is 0 Å². The summed E-state index contributed by atoms with van der Waals surface area (Å²) < 4.78 is 0. The molecule has 0 radical (unpaired) electrons. The lowest BCUT2D eigenvalue weighted by atomic mass is 10.0. The molecule has 1 aromatic rings. The quantitative estimate of drug-likeness (QED) is 0.726. The van der Waals surface area contributed by atoms with Gasteiger partial charge in [-0.25, -0.2) is 0 Å². The van der Waals surface area contributed by atoms with Crippen molar-refractivity contribution in [3.05, 3.63) is 35.9 Å². The second kappa shape index (κ2) is 3.13. The third kappa shape index (κ3) is 1.36. The van der Waals surface area contributed by atoms with Gasteiger partial charge in [0.05, 0.1) is 6.61 Å². The van der Waals surface area contributed by atoms with Crippen LogP contribution < -0.4 is 5.73 Å². The van der Waals surface area contributed by atoms with E-state index in [2.05, 4.69) is 12.1 Å². The van der Waals surface area contributed by atoms with Gasteiger partial charge in [-0.2, -0.15) is 0 Å². The maximum Gasteiger partial charge on any atom is 0.0505 e. The summed E-state index contributed by atoms with van der Waals surface area (Å²) in [5.74, 6) is 0.476. The molecule has 2 atom stereocenters. The van der Waals surface area contributed by atoms with Crippen molar-refractivity contribution in [2.45, 2.75) is 12.3 Å². The van der Waals surface area contributed by atoms with Gasteiger partial charge in [0.15, 0.2) is 0 Å². The highest BCUT2D eigenvalue weighted by Crippen LogP contribution is 2.58. The largest absolute Gasteiger partial charge is 0.396 e. The van der Waals surface area contributed by atoms with E-state index in [1.807, 2.05) is 18.2 Å². The smallest absolute Gasteiger partial charge is 0.0505 e. The van der Waals surface area contributed by atoms with Crippen LogP contribution in [0.4, 0.5) is 0 Å². The van der Waals surface area contributed by atoms with Crippen LogP contribution in [0.1, 0.15) is 17.9 Å². The Morgan fingerprint density at radius 2 is 2.08 bits per heavy atom. The van der Waals surface area contributed by atoms with Gasteiger partial charge in [0, 0.05) is 12.0 Å². The van der Waals surface area contributed by atoms with Gasteiger partial charge in [-0.15, -0.1) is 0 Å². The fraction of sp³-hybridized carbons (Fsp3) is 0.455. The Labute approximate surface area is 78.4 Å². The minimum Gasteiger partial charge on any atom is -0.396 e. The lowest BCUT2D eigenvalue weighted by Crippen LogP contribution is -2.21. The molecule has 0 saturated heterocycles. The van der Waals surface area contributed by atoms with Gasteiger partial charge >= 0.3 is 0 Å². The van der Waals surface area contributed by atoms with Crippen molar-refractivity contribution in [3.8, 4) is 0 Å². The second-order valence-electron chi connectivity index (χ2n) is 3.89. The van der Waals surface area contributed by atoms with Crippen molar-refractivity contribution in [2.24, 2.45) is 11.1 Å².